The molecule has 5 aromatic rings. The number of aromatic nitrogens is 2. The second-order valence-electron chi connectivity index (χ2n) is 10.9. The molecule has 0 saturated heterocycles. The molecule has 1 atom stereocenters. The summed E-state index contributed by atoms with van der Waals surface area (Å²) in [5, 5.41) is 12.0. The molecule has 51 heavy (non-hydrogen) atoms. The number of carbonyl (C=O) groups is 2. The highest BCUT2D eigenvalue weighted by molar-refractivity contribution is 7.00. The maximum atomic E-state index is 13.3. The molecule has 0 spiro atoms. The Morgan fingerprint density at radius 1 is 0.784 bits per heavy atom. The molecule has 1 unspecified atom stereocenters. The number of hydrogen-bond acceptors (Lipinski definition) is 10. The van der Waals surface area contributed by atoms with Crippen LogP contribution in [0.5, 0.6) is 17.2 Å². The minimum atomic E-state index is -4.51. The molecule has 6 rings (SSSR count). The first-order valence-corrected chi connectivity index (χ1v) is 15.4. The number of esters is 1. The van der Waals surface area contributed by atoms with Crippen molar-refractivity contribution >= 4 is 40.6 Å². The van der Waals surface area contributed by atoms with E-state index < -0.39 is 35.2 Å². The van der Waals surface area contributed by atoms with E-state index in [2.05, 4.69) is 8.75 Å². The molecule has 1 aromatic heterocycles. The van der Waals surface area contributed by atoms with Crippen LogP contribution in [0.4, 0.5) is 26.3 Å². The highest BCUT2D eigenvalue weighted by atomic mass is 32.1. The van der Waals surface area contributed by atoms with Gasteiger partial charge in [0.25, 0.3) is 5.79 Å². The van der Waals surface area contributed by atoms with Crippen molar-refractivity contribution in [2.45, 2.75) is 24.6 Å². The molecular formula is C35H26F6N2O7S. The zero-order valence-corrected chi connectivity index (χ0v) is 27.6. The second kappa shape index (κ2) is 14.4. The molecule has 4 aromatic carbocycles. The van der Waals surface area contributed by atoms with E-state index in [1.807, 2.05) is 0 Å². The van der Waals surface area contributed by atoms with E-state index in [1.165, 1.54) is 45.6 Å². The van der Waals surface area contributed by atoms with Gasteiger partial charge in [0.2, 0.25) is 5.75 Å². The number of aliphatic hydroxyl groups is 1. The summed E-state index contributed by atoms with van der Waals surface area (Å²) in [6, 6.07) is 16.4. The number of hydrogen-bond donors (Lipinski definition) is 1. The minimum absolute atomic E-state index is 0.0565. The molecule has 0 radical (unpaired) electrons. The number of benzene rings is 4. The Bertz CT molecular complexity index is 2070. The number of fused-ring (bicyclic) bond motifs is 1. The van der Waals surface area contributed by atoms with E-state index in [-0.39, 0.29) is 45.9 Å². The van der Waals surface area contributed by atoms with E-state index in [0.717, 1.165) is 48.1 Å². The fourth-order valence-corrected chi connectivity index (χ4v) is 5.77. The SMILES string of the molecule is COc1cc(C2(O)OC(=O)C(c3ccc4nsnc4c3)=C2Cc2ccc(C(F)(F)F)cc2)cc(OC)c1OC.O=Cc1ccc(C(F)(F)F)cc1. The monoisotopic (exact) mass is 732 g/mol. The van der Waals surface area contributed by atoms with Crippen molar-refractivity contribution in [2.24, 2.45) is 0 Å². The van der Waals surface area contributed by atoms with Crippen molar-refractivity contribution in [3.8, 4) is 17.2 Å². The van der Waals surface area contributed by atoms with Gasteiger partial charge in [0.05, 0.1) is 49.8 Å². The van der Waals surface area contributed by atoms with Crippen LogP contribution < -0.4 is 14.2 Å². The maximum Gasteiger partial charge on any atom is 0.416 e. The lowest BCUT2D eigenvalue weighted by atomic mass is 9.87. The molecule has 266 valence electrons. The summed E-state index contributed by atoms with van der Waals surface area (Å²) >= 11 is 1.01. The molecule has 1 aliphatic rings. The highest BCUT2D eigenvalue weighted by Crippen LogP contribution is 2.49. The largest absolute Gasteiger partial charge is 0.493 e. The standard InChI is InChI=1S/C27H21F3N2O6S.C8H5F3O/c1-35-21-12-17(13-22(36-2)24(21)37-3)26(34)18(10-14-4-7-16(8-5-14)27(28,29)30)23(25(33)38-26)15-6-9-19-20(11-15)32-39-31-19;9-8(10,11)7-3-1-6(5-12)2-4-7/h4-9,11-13,34H,10H2,1-3H3;1-5H. The first kappa shape index (κ1) is 36.8. The molecule has 0 saturated carbocycles. The number of halogens is 6. The fourth-order valence-electron chi connectivity index (χ4n) is 5.25. The predicted octanol–water partition coefficient (Wildman–Crippen LogP) is 7.65. The lowest BCUT2D eigenvalue weighted by Crippen LogP contribution is -2.30. The number of methoxy groups -OCH3 is 3. The van der Waals surface area contributed by atoms with Gasteiger partial charge in [-0.05, 0) is 59.7 Å². The zero-order valence-electron chi connectivity index (χ0n) is 26.8. The molecule has 1 aliphatic heterocycles. The first-order valence-electron chi connectivity index (χ1n) is 14.6. The molecule has 0 aliphatic carbocycles. The van der Waals surface area contributed by atoms with E-state index in [1.54, 1.807) is 18.2 Å². The number of cyclic esters (lactones) is 1. The van der Waals surface area contributed by atoms with E-state index in [0.29, 0.717) is 28.4 Å². The van der Waals surface area contributed by atoms with Gasteiger partial charge >= 0.3 is 18.3 Å². The van der Waals surface area contributed by atoms with Crippen LogP contribution in [0.15, 0.2) is 84.4 Å². The molecule has 9 nitrogen and oxygen atoms in total. The number of nitrogens with zero attached hydrogens (tertiary/aromatic N) is 2. The summed E-state index contributed by atoms with van der Waals surface area (Å²) in [7, 11) is 4.21. The van der Waals surface area contributed by atoms with Gasteiger partial charge in [-0.1, -0.05) is 30.3 Å². The number of alkyl halides is 6. The van der Waals surface area contributed by atoms with Crippen LogP contribution in [-0.2, 0) is 34.1 Å². The van der Waals surface area contributed by atoms with Crippen LogP contribution in [0.3, 0.4) is 0 Å². The third kappa shape index (κ3) is 7.66. The van der Waals surface area contributed by atoms with Crippen LogP contribution in [0, 0.1) is 0 Å². The third-order valence-electron chi connectivity index (χ3n) is 7.79. The molecule has 2 heterocycles. The van der Waals surface area contributed by atoms with E-state index >= 15 is 0 Å². The van der Waals surface area contributed by atoms with Gasteiger partial charge in [0.1, 0.15) is 17.3 Å². The van der Waals surface area contributed by atoms with Gasteiger partial charge in [-0.2, -0.15) is 35.1 Å². The summed E-state index contributed by atoms with van der Waals surface area (Å²) in [5.74, 6) is -2.47. The van der Waals surface area contributed by atoms with Gasteiger partial charge < -0.3 is 24.1 Å². The van der Waals surface area contributed by atoms with Crippen LogP contribution in [0.2, 0.25) is 0 Å². The Balaban J connectivity index is 0.000000357. The lowest BCUT2D eigenvalue weighted by Gasteiger charge is -2.27. The molecule has 0 bridgehead atoms. The van der Waals surface area contributed by atoms with E-state index in [9.17, 15) is 41.0 Å². The molecule has 0 fully saturated rings. The Kier molecular flexibility index (Phi) is 10.4. The minimum Gasteiger partial charge on any atom is -0.493 e. The topological polar surface area (TPSA) is 117 Å². The fraction of sp³-hybridized carbons (Fsp3) is 0.200. The van der Waals surface area contributed by atoms with Gasteiger partial charge in [0, 0.05) is 23.1 Å². The Labute approximate surface area is 290 Å². The Morgan fingerprint density at radius 3 is 1.84 bits per heavy atom. The molecular weight excluding hydrogens is 706 g/mol. The van der Waals surface area contributed by atoms with Crippen molar-refractivity contribution in [3.05, 3.63) is 118 Å². The van der Waals surface area contributed by atoms with Crippen molar-refractivity contribution in [2.75, 3.05) is 21.3 Å². The zero-order chi connectivity index (χ0) is 37.1. The molecule has 1 N–H and O–H groups in total. The third-order valence-corrected chi connectivity index (χ3v) is 8.35. The first-order chi connectivity index (χ1) is 24.1. The summed E-state index contributed by atoms with van der Waals surface area (Å²) < 4.78 is 105. The van der Waals surface area contributed by atoms with Crippen molar-refractivity contribution in [1.29, 1.82) is 0 Å². The van der Waals surface area contributed by atoms with Gasteiger partial charge in [0.15, 0.2) is 11.5 Å². The Morgan fingerprint density at radius 2 is 1.33 bits per heavy atom. The average Bonchev–Trinajstić information content (AvgIpc) is 3.68. The summed E-state index contributed by atoms with van der Waals surface area (Å²) in [5.41, 5.74) is 0.928. The molecule has 16 heteroatoms. The quantitative estimate of drug-likeness (QED) is 0.0976. The van der Waals surface area contributed by atoms with Crippen LogP contribution in [0.1, 0.15) is 38.2 Å². The Hall–Kier alpha value is -5.48. The van der Waals surface area contributed by atoms with Crippen molar-refractivity contribution in [3.63, 3.8) is 0 Å². The highest BCUT2D eigenvalue weighted by Gasteiger charge is 2.49. The van der Waals surface area contributed by atoms with Gasteiger partial charge in [-0.15, -0.1) is 0 Å². The van der Waals surface area contributed by atoms with E-state index in [4.69, 9.17) is 18.9 Å². The molecule has 0 amide bonds. The lowest BCUT2D eigenvalue weighted by molar-refractivity contribution is -0.185. The number of rotatable bonds is 8. The van der Waals surface area contributed by atoms with Gasteiger partial charge in [-0.3, -0.25) is 4.79 Å². The van der Waals surface area contributed by atoms with Gasteiger partial charge in [-0.25, -0.2) is 4.79 Å². The number of carbonyl (C=O) groups excluding carboxylic acids is 2. The second-order valence-corrected chi connectivity index (χ2v) is 11.4. The number of aldehydes is 1. The predicted molar refractivity (Wildman–Crippen MR) is 172 cm³/mol. The van der Waals surface area contributed by atoms with Crippen molar-refractivity contribution in [1.82, 2.24) is 8.75 Å². The maximum absolute atomic E-state index is 13.3. The smallest absolute Gasteiger partial charge is 0.416 e. The normalized spacial score (nSPS) is 16.0. The van der Waals surface area contributed by atoms with Crippen LogP contribution in [-0.4, -0.2) is 47.4 Å². The summed E-state index contributed by atoms with van der Waals surface area (Å²) in [4.78, 5) is 23.4. The van der Waals surface area contributed by atoms with Crippen molar-refractivity contribution < 1.29 is 60.0 Å². The van der Waals surface area contributed by atoms with Crippen LogP contribution >= 0.6 is 11.7 Å². The average molecular weight is 733 g/mol. The van der Waals surface area contributed by atoms with Crippen LogP contribution in [0.25, 0.3) is 16.6 Å². The summed E-state index contributed by atoms with van der Waals surface area (Å²) in [6.07, 6.45) is -8.45. The summed E-state index contributed by atoms with van der Waals surface area (Å²) in [6.45, 7) is 0. The number of ether oxygens (including phenoxy) is 4.